The van der Waals surface area contributed by atoms with Gasteiger partial charge < -0.3 is 9.72 Å². The highest BCUT2D eigenvalue weighted by Gasteiger charge is 2.20. The molecular formula is C14H20N2OS. The zero-order chi connectivity index (χ0) is 12.4. The lowest BCUT2D eigenvalue weighted by atomic mass is 9.99. The van der Waals surface area contributed by atoms with Crippen molar-refractivity contribution in [2.45, 2.75) is 50.9 Å². The van der Waals surface area contributed by atoms with Crippen molar-refractivity contribution in [1.82, 2.24) is 9.97 Å². The minimum Gasteiger partial charge on any atom is -0.381 e. The Morgan fingerprint density at radius 3 is 2.72 bits per heavy atom. The molecule has 1 aromatic rings. The highest BCUT2D eigenvalue weighted by atomic mass is 32.1. The van der Waals surface area contributed by atoms with Crippen LogP contribution in [0.3, 0.4) is 0 Å². The summed E-state index contributed by atoms with van der Waals surface area (Å²) in [5.74, 6) is 1.61. The lowest BCUT2D eigenvalue weighted by Gasteiger charge is -2.22. The summed E-state index contributed by atoms with van der Waals surface area (Å²) < 4.78 is 6.26. The summed E-state index contributed by atoms with van der Waals surface area (Å²) in [6.45, 7) is 1.70. The van der Waals surface area contributed by atoms with Gasteiger partial charge >= 0.3 is 0 Å². The lowest BCUT2D eigenvalue weighted by Crippen LogP contribution is -2.17. The minimum atomic E-state index is 0.508. The molecule has 1 saturated heterocycles. The molecule has 0 atom stereocenters. The Morgan fingerprint density at radius 1 is 1.11 bits per heavy atom. The Morgan fingerprint density at radius 2 is 1.89 bits per heavy atom. The van der Waals surface area contributed by atoms with E-state index in [2.05, 4.69) is 9.97 Å². The maximum Gasteiger partial charge on any atom is 0.133 e. The summed E-state index contributed by atoms with van der Waals surface area (Å²) in [6, 6.07) is 0. The van der Waals surface area contributed by atoms with Crippen LogP contribution < -0.4 is 0 Å². The molecule has 1 N–H and O–H groups in total. The van der Waals surface area contributed by atoms with E-state index in [1.165, 1.54) is 30.5 Å². The van der Waals surface area contributed by atoms with E-state index in [-0.39, 0.29) is 0 Å². The largest absolute Gasteiger partial charge is 0.381 e. The van der Waals surface area contributed by atoms with Crippen molar-refractivity contribution >= 4 is 12.2 Å². The van der Waals surface area contributed by atoms with Gasteiger partial charge in [0.05, 0.1) is 0 Å². The number of nitrogens with zero attached hydrogens (tertiary/aromatic N) is 1. The summed E-state index contributed by atoms with van der Waals surface area (Å²) in [4.78, 5) is 8.24. The molecule has 2 aliphatic rings. The van der Waals surface area contributed by atoms with Crippen LogP contribution in [0.25, 0.3) is 0 Å². The van der Waals surface area contributed by atoms with E-state index in [0.29, 0.717) is 5.92 Å². The molecule has 0 bridgehead atoms. The van der Waals surface area contributed by atoms with Crippen molar-refractivity contribution < 1.29 is 4.74 Å². The third-order valence-electron chi connectivity index (χ3n) is 4.08. The molecule has 4 heteroatoms. The van der Waals surface area contributed by atoms with Crippen molar-refractivity contribution in [1.29, 1.82) is 0 Å². The van der Waals surface area contributed by atoms with Gasteiger partial charge in [0.2, 0.25) is 0 Å². The third-order valence-corrected chi connectivity index (χ3v) is 4.42. The second-order valence-corrected chi connectivity index (χ2v) is 5.72. The molecule has 0 saturated carbocycles. The fourth-order valence-electron chi connectivity index (χ4n) is 2.98. The standard InChI is InChI=1S/C14H20N2OS/c18-14-11-4-2-1-3-5-12(11)15-13(16-14)10-6-8-17-9-7-10/h10H,1-9H2,(H,15,16,18). The SMILES string of the molecule is S=c1nc(C2CCOCC2)[nH]c2c1CCCCC2. The molecule has 18 heavy (non-hydrogen) atoms. The highest BCUT2D eigenvalue weighted by Crippen LogP contribution is 2.27. The second kappa shape index (κ2) is 5.49. The first-order valence-electron chi connectivity index (χ1n) is 7.04. The van der Waals surface area contributed by atoms with Gasteiger partial charge in [-0.2, -0.15) is 0 Å². The number of H-pyrrole nitrogens is 1. The molecule has 2 heterocycles. The quantitative estimate of drug-likeness (QED) is 0.624. The van der Waals surface area contributed by atoms with Crippen LogP contribution in [0.4, 0.5) is 0 Å². The third kappa shape index (κ3) is 2.50. The summed E-state index contributed by atoms with van der Waals surface area (Å²) in [5.41, 5.74) is 2.66. The molecule has 3 nitrogen and oxygen atoms in total. The smallest absolute Gasteiger partial charge is 0.133 e. The topological polar surface area (TPSA) is 37.9 Å². The van der Waals surface area contributed by atoms with Crippen LogP contribution in [0, 0.1) is 4.64 Å². The Kier molecular flexibility index (Phi) is 3.75. The molecule has 0 spiro atoms. The first-order chi connectivity index (χ1) is 8.84. The Hall–Kier alpha value is -0.740. The van der Waals surface area contributed by atoms with Gasteiger partial charge in [-0.05, 0) is 38.5 Å². The maximum absolute atomic E-state index is 5.49. The van der Waals surface area contributed by atoms with Crippen LogP contribution in [0.5, 0.6) is 0 Å². The number of rotatable bonds is 1. The molecule has 0 unspecified atom stereocenters. The molecule has 1 fully saturated rings. The Bertz CT molecular complexity index is 477. The summed E-state index contributed by atoms with van der Waals surface area (Å²) in [6.07, 6.45) is 8.21. The number of fused-ring (bicyclic) bond motifs is 1. The number of nitrogens with one attached hydrogen (secondary N) is 1. The molecule has 0 amide bonds. The fraction of sp³-hybridized carbons (Fsp3) is 0.714. The molecule has 0 aromatic carbocycles. The van der Waals surface area contributed by atoms with E-state index in [9.17, 15) is 0 Å². The zero-order valence-corrected chi connectivity index (χ0v) is 11.5. The monoisotopic (exact) mass is 264 g/mol. The van der Waals surface area contributed by atoms with Crippen LogP contribution in [0.1, 0.15) is 55.1 Å². The van der Waals surface area contributed by atoms with Crippen molar-refractivity contribution in [3.63, 3.8) is 0 Å². The van der Waals surface area contributed by atoms with Gasteiger partial charge in [-0.1, -0.05) is 18.6 Å². The van der Waals surface area contributed by atoms with Crippen molar-refractivity contribution in [3.05, 3.63) is 21.7 Å². The van der Waals surface area contributed by atoms with Crippen LogP contribution in [-0.2, 0) is 17.6 Å². The Labute approximate surface area is 113 Å². The normalized spacial score (nSPS) is 21.3. The molecular weight excluding hydrogens is 244 g/mol. The first-order valence-corrected chi connectivity index (χ1v) is 7.45. The fourth-order valence-corrected chi connectivity index (χ4v) is 3.30. The molecule has 1 aliphatic carbocycles. The maximum atomic E-state index is 5.49. The van der Waals surface area contributed by atoms with Gasteiger partial charge in [0.1, 0.15) is 10.5 Å². The van der Waals surface area contributed by atoms with Crippen LogP contribution in [-0.4, -0.2) is 23.2 Å². The van der Waals surface area contributed by atoms with Crippen molar-refractivity contribution in [2.24, 2.45) is 0 Å². The minimum absolute atomic E-state index is 0.508. The first kappa shape index (κ1) is 12.3. The van der Waals surface area contributed by atoms with Crippen molar-refractivity contribution in [3.8, 4) is 0 Å². The van der Waals surface area contributed by atoms with E-state index in [1.807, 2.05) is 0 Å². The summed E-state index contributed by atoms with van der Waals surface area (Å²) >= 11 is 5.49. The highest BCUT2D eigenvalue weighted by molar-refractivity contribution is 7.71. The van der Waals surface area contributed by atoms with Crippen LogP contribution >= 0.6 is 12.2 Å². The van der Waals surface area contributed by atoms with Crippen LogP contribution in [0.2, 0.25) is 0 Å². The molecule has 0 radical (unpaired) electrons. The van der Waals surface area contributed by atoms with Gasteiger partial charge in [0.15, 0.2) is 0 Å². The zero-order valence-electron chi connectivity index (χ0n) is 10.7. The second-order valence-electron chi connectivity index (χ2n) is 5.33. The van der Waals surface area contributed by atoms with E-state index in [1.54, 1.807) is 0 Å². The van der Waals surface area contributed by atoms with Crippen LogP contribution in [0.15, 0.2) is 0 Å². The van der Waals surface area contributed by atoms with Gasteiger partial charge in [-0.3, -0.25) is 0 Å². The average Bonchev–Trinajstić information content (AvgIpc) is 2.65. The number of hydrogen-bond acceptors (Lipinski definition) is 3. The molecule has 3 rings (SSSR count). The number of hydrogen-bond donors (Lipinski definition) is 1. The van der Waals surface area contributed by atoms with E-state index in [4.69, 9.17) is 17.0 Å². The molecule has 1 aromatic heterocycles. The number of ether oxygens (including phenoxy) is 1. The Balaban J connectivity index is 1.94. The number of aromatic amines is 1. The van der Waals surface area contributed by atoms with Gasteiger partial charge in [-0.25, -0.2) is 4.98 Å². The summed E-state index contributed by atoms with van der Waals surface area (Å²) in [5, 5.41) is 0. The number of aryl methyl sites for hydroxylation is 1. The van der Waals surface area contributed by atoms with Crippen molar-refractivity contribution in [2.75, 3.05) is 13.2 Å². The van der Waals surface area contributed by atoms with E-state index in [0.717, 1.165) is 49.4 Å². The van der Waals surface area contributed by atoms with E-state index >= 15 is 0 Å². The van der Waals surface area contributed by atoms with Gasteiger partial charge in [0, 0.05) is 30.4 Å². The number of aromatic nitrogens is 2. The predicted octanol–water partition coefficient (Wildman–Crippen LogP) is 3.30. The van der Waals surface area contributed by atoms with Gasteiger partial charge in [-0.15, -0.1) is 0 Å². The summed E-state index contributed by atoms with van der Waals surface area (Å²) in [7, 11) is 0. The average molecular weight is 264 g/mol. The van der Waals surface area contributed by atoms with Gasteiger partial charge in [0.25, 0.3) is 0 Å². The lowest BCUT2D eigenvalue weighted by molar-refractivity contribution is 0.0835. The van der Waals surface area contributed by atoms with E-state index < -0.39 is 0 Å². The predicted molar refractivity (Wildman–Crippen MR) is 73.5 cm³/mol. The molecule has 98 valence electrons. The molecule has 1 aliphatic heterocycles.